The summed E-state index contributed by atoms with van der Waals surface area (Å²) in [5.74, 6) is 0.719. The van der Waals surface area contributed by atoms with Crippen LogP contribution in [0.15, 0.2) is 24.3 Å². The average Bonchev–Trinajstić information content (AvgIpc) is 2.69. The first-order valence-electron chi connectivity index (χ1n) is 5.59. The number of benzene rings is 1. The third kappa shape index (κ3) is 2.96. The quantitative estimate of drug-likeness (QED) is 0.818. The van der Waals surface area contributed by atoms with Gasteiger partial charge in [-0.1, -0.05) is 42.7 Å². The van der Waals surface area contributed by atoms with Crippen LogP contribution >= 0.6 is 12.4 Å². The predicted molar refractivity (Wildman–Crippen MR) is 67.3 cm³/mol. The number of nitrogens with two attached hydrogens (primary N) is 1. The lowest BCUT2D eigenvalue weighted by atomic mass is 9.92. The molecule has 1 nitrogen and oxygen atoms in total. The van der Waals surface area contributed by atoms with E-state index in [1.54, 1.807) is 0 Å². The molecule has 84 valence electrons. The summed E-state index contributed by atoms with van der Waals surface area (Å²) < 4.78 is 0. The van der Waals surface area contributed by atoms with Crippen molar-refractivity contribution in [2.45, 2.75) is 38.6 Å². The van der Waals surface area contributed by atoms with E-state index in [1.807, 2.05) is 0 Å². The Morgan fingerprint density at radius 2 is 1.93 bits per heavy atom. The van der Waals surface area contributed by atoms with Crippen LogP contribution in [0.3, 0.4) is 0 Å². The van der Waals surface area contributed by atoms with Crippen LogP contribution in [0.1, 0.15) is 42.9 Å². The maximum absolute atomic E-state index is 6.27. The molecule has 1 unspecified atom stereocenters. The van der Waals surface area contributed by atoms with Crippen molar-refractivity contribution >= 4 is 12.4 Å². The van der Waals surface area contributed by atoms with Crippen molar-refractivity contribution in [2.24, 2.45) is 11.7 Å². The molecular formula is C13H20ClN. The highest BCUT2D eigenvalue weighted by Gasteiger charge is 2.22. The SMILES string of the molecule is Cc1cccc(C(N)C2CCCC2)c1.Cl. The van der Waals surface area contributed by atoms with Gasteiger partial charge in [-0.25, -0.2) is 0 Å². The smallest absolute Gasteiger partial charge is 0.0323 e. The van der Waals surface area contributed by atoms with E-state index in [0.29, 0.717) is 0 Å². The number of hydrogen-bond acceptors (Lipinski definition) is 1. The van der Waals surface area contributed by atoms with E-state index in [4.69, 9.17) is 5.73 Å². The van der Waals surface area contributed by atoms with Gasteiger partial charge in [-0.3, -0.25) is 0 Å². The Labute approximate surface area is 98.5 Å². The van der Waals surface area contributed by atoms with Crippen LogP contribution < -0.4 is 5.73 Å². The van der Waals surface area contributed by atoms with E-state index in [0.717, 1.165) is 5.92 Å². The molecule has 0 aliphatic heterocycles. The molecule has 0 aromatic heterocycles. The zero-order valence-corrected chi connectivity index (χ0v) is 10.1. The summed E-state index contributed by atoms with van der Waals surface area (Å²) in [6.07, 6.45) is 5.36. The highest BCUT2D eigenvalue weighted by Crippen LogP contribution is 2.34. The zero-order chi connectivity index (χ0) is 9.97. The Bertz CT molecular complexity index is 305. The molecule has 1 saturated carbocycles. The van der Waals surface area contributed by atoms with E-state index in [-0.39, 0.29) is 18.4 Å². The molecule has 0 bridgehead atoms. The van der Waals surface area contributed by atoms with E-state index >= 15 is 0 Å². The Morgan fingerprint density at radius 3 is 2.53 bits per heavy atom. The molecule has 0 heterocycles. The Hall–Kier alpha value is -0.530. The van der Waals surface area contributed by atoms with E-state index in [2.05, 4.69) is 31.2 Å². The van der Waals surface area contributed by atoms with Gasteiger partial charge in [-0.05, 0) is 31.2 Å². The normalized spacial score (nSPS) is 18.5. The molecule has 2 heteroatoms. The Balaban J connectivity index is 0.00000112. The lowest BCUT2D eigenvalue weighted by Crippen LogP contribution is -2.19. The molecule has 1 aliphatic rings. The standard InChI is InChI=1S/C13H19N.ClH/c1-10-5-4-8-12(9-10)13(14)11-6-2-3-7-11;/h4-5,8-9,11,13H,2-3,6-7,14H2,1H3;1H. The summed E-state index contributed by atoms with van der Waals surface area (Å²) in [4.78, 5) is 0. The summed E-state index contributed by atoms with van der Waals surface area (Å²) >= 11 is 0. The number of aryl methyl sites for hydroxylation is 1. The molecule has 1 aromatic carbocycles. The minimum absolute atomic E-state index is 0. The second-order valence-electron chi connectivity index (χ2n) is 4.48. The second kappa shape index (κ2) is 5.53. The summed E-state index contributed by atoms with van der Waals surface area (Å²) in [5.41, 5.74) is 8.90. The van der Waals surface area contributed by atoms with Crippen LogP contribution in [0.2, 0.25) is 0 Å². The van der Waals surface area contributed by atoms with Gasteiger partial charge in [-0.2, -0.15) is 0 Å². The first-order chi connectivity index (χ1) is 6.77. The van der Waals surface area contributed by atoms with Crippen molar-refractivity contribution in [3.8, 4) is 0 Å². The van der Waals surface area contributed by atoms with Crippen LogP contribution in [0.25, 0.3) is 0 Å². The van der Waals surface area contributed by atoms with Crippen LogP contribution in [-0.4, -0.2) is 0 Å². The maximum Gasteiger partial charge on any atom is 0.0323 e. The maximum atomic E-state index is 6.27. The molecule has 2 rings (SSSR count). The van der Waals surface area contributed by atoms with E-state index < -0.39 is 0 Å². The molecule has 1 aromatic rings. The van der Waals surface area contributed by atoms with Gasteiger partial charge in [0, 0.05) is 6.04 Å². The first kappa shape index (κ1) is 12.5. The molecule has 0 spiro atoms. The summed E-state index contributed by atoms with van der Waals surface area (Å²) in [7, 11) is 0. The van der Waals surface area contributed by atoms with Crippen molar-refractivity contribution in [1.82, 2.24) is 0 Å². The molecule has 0 saturated heterocycles. The Morgan fingerprint density at radius 1 is 1.27 bits per heavy atom. The van der Waals surface area contributed by atoms with Crippen LogP contribution in [-0.2, 0) is 0 Å². The third-order valence-electron chi connectivity index (χ3n) is 3.33. The highest BCUT2D eigenvalue weighted by atomic mass is 35.5. The molecular weight excluding hydrogens is 206 g/mol. The van der Waals surface area contributed by atoms with Gasteiger partial charge < -0.3 is 5.73 Å². The fraction of sp³-hybridized carbons (Fsp3) is 0.538. The van der Waals surface area contributed by atoms with Gasteiger partial charge in [-0.15, -0.1) is 12.4 Å². The molecule has 1 fully saturated rings. The molecule has 1 aliphatic carbocycles. The molecule has 0 amide bonds. The third-order valence-corrected chi connectivity index (χ3v) is 3.33. The van der Waals surface area contributed by atoms with Crippen molar-refractivity contribution in [3.05, 3.63) is 35.4 Å². The fourth-order valence-corrected chi connectivity index (χ4v) is 2.47. The van der Waals surface area contributed by atoms with Crippen LogP contribution in [0.4, 0.5) is 0 Å². The van der Waals surface area contributed by atoms with Crippen molar-refractivity contribution < 1.29 is 0 Å². The van der Waals surface area contributed by atoms with Crippen LogP contribution in [0, 0.1) is 12.8 Å². The molecule has 15 heavy (non-hydrogen) atoms. The zero-order valence-electron chi connectivity index (χ0n) is 9.28. The highest BCUT2D eigenvalue weighted by molar-refractivity contribution is 5.85. The van der Waals surface area contributed by atoms with Crippen LogP contribution in [0.5, 0.6) is 0 Å². The molecule has 1 atom stereocenters. The van der Waals surface area contributed by atoms with Gasteiger partial charge in [0.15, 0.2) is 0 Å². The summed E-state index contributed by atoms with van der Waals surface area (Å²) in [6.45, 7) is 2.13. The van der Waals surface area contributed by atoms with Gasteiger partial charge in [0.1, 0.15) is 0 Å². The minimum Gasteiger partial charge on any atom is -0.324 e. The lowest BCUT2D eigenvalue weighted by molar-refractivity contribution is 0.445. The average molecular weight is 226 g/mol. The first-order valence-corrected chi connectivity index (χ1v) is 5.59. The summed E-state index contributed by atoms with van der Waals surface area (Å²) in [6, 6.07) is 8.89. The predicted octanol–water partition coefficient (Wildman–Crippen LogP) is 3.61. The van der Waals surface area contributed by atoms with Crippen molar-refractivity contribution in [3.63, 3.8) is 0 Å². The monoisotopic (exact) mass is 225 g/mol. The minimum atomic E-state index is 0. The van der Waals surface area contributed by atoms with Gasteiger partial charge in [0.2, 0.25) is 0 Å². The lowest BCUT2D eigenvalue weighted by Gasteiger charge is -2.19. The van der Waals surface area contributed by atoms with Gasteiger partial charge in [0.25, 0.3) is 0 Å². The van der Waals surface area contributed by atoms with E-state index in [9.17, 15) is 0 Å². The van der Waals surface area contributed by atoms with Gasteiger partial charge in [0.05, 0.1) is 0 Å². The second-order valence-corrected chi connectivity index (χ2v) is 4.48. The van der Waals surface area contributed by atoms with Gasteiger partial charge >= 0.3 is 0 Å². The fourth-order valence-electron chi connectivity index (χ4n) is 2.47. The van der Waals surface area contributed by atoms with E-state index in [1.165, 1.54) is 36.8 Å². The number of rotatable bonds is 2. The largest absolute Gasteiger partial charge is 0.324 e. The number of halogens is 1. The molecule has 2 N–H and O–H groups in total. The topological polar surface area (TPSA) is 26.0 Å². The van der Waals surface area contributed by atoms with Crippen molar-refractivity contribution in [2.75, 3.05) is 0 Å². The number of hydrogen-bond donors (Lipinski definition) is 1. The molecule has 0 radical (unpaired) electrons. The Kier molecular flexibility index (Phi) is 4.62. The summed E-state index contributed by atoms with van der Waals surface area (Å²) in [5, 5.41) is 0. The van der Waals surface area contributed by atoms with Crippen molar-refractivity contribution in [1.29, 1.82) is 0 Å².